The normalized spacial score (nSPS) is 23.6. The van der Waals surface area contributed by atoms with E-state index in [2.05, 4.69) is 31.2 Å². The van der Waals surface area contributed by atoms with E-state index in [1.54, 1.807) is 24.6 Å². The predicted octanol–water partition coefficient (Wildman–Crippen LogP) is 1.24. The van der Waals surface area contributed by atoms with Gasteiger partial charge in [0.1, 0.15) is 39.5 Å². The van der Waals surface area contributed by atoms with Gasteiger partial charge in [-0.1, -0.05) is 27.7 Å². The first-order chi connectivity index (χ1) is 21.3. The van der Waals surface area contributed by atoms with E-state index >= 15 is 0 Å². The van der Waals surface area contributed by atoms with Crippen molar-refractivity contribution >= 4 is 58.1 Å². The standard InChI is InChI=1S/C29H40N8O6S2/c1-14(2)10-17-25(40)36-23(15(3)4)27(42)33-16(7-8-21(30)38)28-35-18(12-45-28)24(39)31-11-22-32-19(13-44-22)29(43)37-9-5-6-20(37)26(41)34-17/h12-17,20,23H,5-11H2,1-4H3,(H2,30,38)(H,31,39)(H,33,42)(H,34,41)(H,36,40)/t16-,17-,20-,23+/m1/s1. The Morgan fingerprint density at radius 3 is 2.36 bits per heavy atom. The number of fused-ring (bicyclic) bond motifs is 5. The van der Waals surface area contributed by atoms with Crippen LogP contribution in [-0.2, 0) is 25.7 Å². The number of hydrogen-bond donors (Lipinski definition) is 5. The van der Waals surface area contributed by atoms with E-state index in [0.29, 0.717) is 35.8 Å². The maximum Gasteiger partial charge on any atom is 0.274 e. The van der Waals surface area contributed by atoms with E-state index in [1.165, 1.54) is 16.2 Å². The monoisotopic (exact) mass is 660 g/mol. The molecule has 16 heteroatoms. The van der Waals surface area contributed by atoms with E-state index in [4.69, 9.17) is 5.73 Å². The number of nitrogens with zero attached hydrogens (tertiary/aromatic N) is 3. The van der Waals surface area contributed by atoms with Gasteiger partial charge in [-0.05, 0) is 37.5 Å². The molecule has 45 heavy (non-hydrogen) atoms. The van der Waals surface area contributed by atoms with Crippen LogP contribution in [-0.4, -0.2) is 75.0 Å². The summed E-state index contributed by atoms with van der Waals surface area (Å²) in [6.07, 6.45) is 1.44. The van der Waals surface area contributed by atoms with Crippen LogP contribution in [0.4, 0.5) is 0 Å². The Balaban J connectivity index is 1.69. The minimum absolute atomic E-state index is 0.0326. The molecular formula is C29H40N8O6S2. The number of thiazole rings is 2. The third-order valence-electron chi connectivity index (χ3n) is 7.62. The topological polar surface area (TPSA) is 206 Å². The lowest BCUT2D eigenvalue weighted by atomic mass is 9.99. The highest BCUT2D eigenvalue weighted by molar-refractivity contribution is 7.10. The van der Waals surface area contributed by atoms with E-state index < -0.39 is 59.6 Å². The zero-order valence-corrected chi connectivity index (χ0v) is 27.4. The average molecular weight is 661 g/mol. The summed E-state index contributed by atoms with van der Waals surface area (Å²) in [5.74, 6) is -3.25. The van der Waals surface area contributed by atoms with Crippen LogP contribution in [0.2, 0.25) is 0 Å². The molecule has 2 aromatic rings. The molecule has 244 valence electrons. The smallest absolute Gasteiger partial charge is 0.274 e. The van der Waals surface area contributed by atoms with E-state index in [9.17, 15) is 28.8 Å². The highest BCUT2D eigenvalue weighted by Crippen LogP contribution is 2.25. The first-order valence-electron chi connectivity index (χ1n) is 15.0. The predicted molar refractivity (Wildman–Crippen MR) is 167 cm³/mol. The largest absolute Gasteiger partial charge is 0.370 e. The summed E-state index contributed by atoms with van der Waals surface area (Å²) in [5, 5.41) is 15.3. The lowest BCUT2D eigenvalue weighted by Gasteiger charge is -2.29. The van der Waals surface area contributed by atoms with Crippen molar-refractivity contribution in [2.75, 3.05) is 6.54 Å². The second-order valence-electron chi connectivity index (χ2n) is 12.0. The van der Waals surface area contributed by atoms with Crippen LogP contribution in [0.1, 0.15) is 96.8 Å². The highest BCUT2D eigenvalue weighted by Gasteiger charge is 2.38. The van der Waals surface area contributed by atoms with Gasteiger partial charge in [-0.25, -0.2) is 9.97 Å². The molecule has 0 radical (unpaired) electrons. The third kappa shape index (κ3) is 8.63. The quantitative estimate of drug-likeness (QED) is 0.304. The molecule has 0 aromatic carbocycles. The summed E-state index contributed by atoms with van der Waals surface area (Å²) >= 11 is 2.35. The molecule has 2 aliphatic rings. The zero-order chi connectivity index (χ0) is 32.8. The van der Waals surface area contributed by atoms with Gasteiger partial charge in [-0.2, -0.15) is 0 Å². The van der Waals surface area contributed by atoms with Gasteiger partial charge in [-0.15, -0.1) is 22.7 Å². The SMILES string of the molecule is CC(C)C[C@H]1NC(=O)[C@H]2CCCN2C(=O)c2csc(n2)CNC(=O)c2csc(n2)[C@@H](CCC(N)=O)NC(=O)[C@H](C(C)C)NC1=O. The van der Waals surface area contributed by atoms with Crippen molar-refractivity contribution < 1.29 is 28.8 Å². The number of nitrogens with one attached hydrogen (secondary N) is 4. The maximum absolute atomic E-state index is 13.6. The van der Waals surface area contributed by atoms with E-state index in [1.807, 2.05) is 13.8 Å². The summed E-state index contributed by atoms with van der Waals surface area (Å²) in [7, 11) is 0. The van der Waals surface area contributed by atoms with Crippen molar-refractivity contribution in [1.29, 1.82) is 0 Å². The van der Waals surface area contributed by atoms with Crippen LogP contribution in [0.3, 0.4) is 0 Å². The van der Waals surface area contributed by atoms with Crippen LogP contribution < -0.4 is 27.0 Å². The average Bonchev–Trinajstić information content (AvgIpc) is 3.76. The van der Waals surface area contributed by atoms with Crippen molar-refractivity contribution in [3.05, 3.63) is 32.2 Å². The van der Waals surface area contributed by atoms with Crippen LogP contribution in [0.5, 0.6) is 0 Å². The molecule has 0 saturated carbocycles. The number of primary amides is 1. The fourth-order valence-electron chi connectivity index (χ4n) is 5.28. The van der Waals surface area contributed by atoms with Crippen LogP contribution in [0.25, 0.3) is 0 Å². The zero-order valence-electron chi connectivity index (χ0n) is 25.8. The second-order valence-corrected chi connectivity index (χ2v) is 13.9. The van der Waals surface area contributed by atoms with Gasteiger partial charge < -0.3 is 31.9 Å². The lowest BCUT2D eigenvalue weighted by Crippen LogP contribution is -2.58. The van der Waals surface area contributed by atoms with Crippen LogP contribution >= 0.6 is 22.7 Å². The number of nitrogens with two attached hydrogens (primary N) is 1. The fraction of sp³-hybridized carbons (Fsp3) is 0.586. The molecule has 4 rings (SSSR count). The number of amides is 6. The van der Waals surface area contributed by atoms with E-state index in [0.717, 1.165) is 11.3 Å². The molecule has 0 unspecified atom stereocenters. The van der Waals surface area contributed by atoms with Crippen molar-refractivity contribution in [3.8, 4) is 0 Å². The number of rotatable bonds is 6. The lowest BCUT2D eigenvalue weighted by molar-refractivity contribution is -0.134. The molecule has 6 N–H and O–H groups in total. The molecule has 6 amide bonds. The fourth-order valence-corrected chi connectivity index (χ4v) is 6.88. The Kier molecular flexibility index (Phi) is 11.3. The molecule has 4 bridgehead atoms. The Morgan fingerprint density at radius 1 is 0.956 bits per heavy atom. The van der Waals surface area contributed by atoms with Gasteiger partial charge in [-0.3, -0.25) is 28.8 Å². The molecule has 0 aliphatic carbocycles. The summed E-state index contributed by atoms with van der Waals surface area (Å²) in [6, 6.07) is -3.47. The van der Waals surface area contributed by atoms with Gasteiger partial charge in [0.25, 0.3) is 11.8 Å². The number of carbonyl (C=O) groups is 6. The van der Waals surface area contributed by atoms with Crippen LogP contribution in [0, 0.1) is 11.8 Å². The van der Waals surface area contributed by atoms with Crippen molar-refractivity contribution in [3.63, 3.8) is 0 Å². The Hall–Kier alpha value is -3.92. The number of carbonyl (C=O) groups excluding carboxylic acids is 6. The minimum atomic E-state index is -0.986. The molecule has 2 aromatic heterocycles. The Morgan fingerprint density at radius 2 is 1.67 bits per heavy atom. The van der Waals surface area contributed by atoms with Gasteiger partial charge in [0, 0.05) is 23.7 Å². The first kappa shape index (κ1) is 34.0. The minimum Gasteiger partial charge on any atom is -0.370 e. The van der Waals surface area contributed by atoms with E-state index in [-0.39, 0.29) is 42.6 Å². The van der Waals surface area contributed by atoms with Gasteiger partial charge in [0.15, 0.2) is 0 Å². The Labute approximate surface area is 269 Å². The van der Waals surface area contributed by atoms with Crippen molar-refractivity contribution in [2.45, 2.75) is 90.5 Å². The van der Waals surface area contributed by atoms with Gasteiger partial charge in [0.2, 0.25) is 23.6 Å². The Bertz CT molecular complexity index is 1440. The molecule has 0 spiro atoms. The summed E-state index contributed by atoms with van der Waals surface area (Å²) in [4.78, 5) is 89.0. The molecular weight excluding hydrogens is 621 g/mol. The van der Waals surface area contributed by atoms with Crippen molar-refractivity contribution in [2.24, 2.45) is 17.6 Å². The summed E-state index contributed by atoms with van der Waals surface area (Å²) < 4.78 is 0. The van der Waals surface area contributed by atoms with Crippen molar-refractivity contribution in [1.82, 2.24) is 36.1 Å². The summed E-state index contributed by atoms with van der Waals surface area (Å²) in [5.41, 5.74) is 5.67. The highest BCUT2D eigenvalue weighted by atomic mass is 32.1. The first-order valence-corrected chi connectivity index (χ1v) is 16.8. The summed E-state index contributed by atoms with van der Waals surface area (Å²) in [6.45, 7) is 7.80. The van der Waals surface area contributed by atoms with Gasteiger partial charge >= 0.3 is 0 Å². The third-order valence-corrected chi connectivity index (χ3v) is 9.43. The molecule has 1 saturated heterocycles. The number of aromatic nitrogens is 2. The van der Waals surface area contributed by atoms with Gasteiger partial charge in [0.05, 0.1) is 12.6 Å². The number of hydrogen-bond acceptors (Lipinski definition) is 10. The molecule has 14 nitrogen and oxygen atoms in total. The molecule has 1 fully saturated rings. The molecule has 4 heterocycles. The molecule has 2 aliphatic heterocycles. The maximum atomic E-state index is 13.6. The second kappa shape index (κ2) is 14.9. The van der Waals surface area contributed by atoms with Crippen LogP contribution in [0.15, 0.2) is 10.8 Å². The molecule has 4 atom stereocenters.